The maximum absolute atomic E-state index is 8.69. The third-order valence-electron chi connectivity index (χ3n) is 2.13. The lowest BCUT2D eigenvalue weighted by Gasteiger charge is -2.05. The monoisotopic (exact) mass is 214 g/mol. The Morgan fingerprint density at radius 3 is 3.12 bits per heavy atom. The summed E-state index contributed by atoms with van der Waals surface area (Å²) >= 11 is 0. The molecule has 0 atom stereocenters. The van der Waals surface area contributed by atoms with Gasteiger partial charge in [-0.25, -0.2) is 4.98 Å². The first-order valence-corrected chi connectivity index (χ1v) is 4.72. The van der Waals surface area contributed by atoms with Crippen molar-refractivity contribution in [1.29, 1.82) is 5.26 Å². The SMILES string of the molecule is Cn1cnnc1CNc1ccnc(C#N)c1. The highest BCUT2D eigenvalue weighted by molar-refractivity contribution is 5.45. The molecule has 0 fully saturated rings. The van der Waals surface area contributed by atoms with Gasteiger partial charge >= 0.3 is 0 Å². The van der Waals surface area contributed by atoms with E-state index in [1.54, 1.807) is 24.7 Å². The summed E-state index contributed by atoms with van der Waals surface area (Å²) in [6.45, 7) is 0.561. The zero-order chi connectivity index (χ0) is 11.4. The number of hydrogen-bond acceptors (Lipinski definition) is 5. The van der Waals surface area contributed by atoms with E-state index in [9.17, 15) is 0 Å². The number of pyridine rings is 1. The number of nitrogens with one attached hydrogen (secondary N) is 1. The maximum Gasteiger partial charge on any atom is 0.151 e. The Balaban J connectivity index is 2.05. The predicted octanol–water partition coefficient (Wildman–Crippen LogP) is 0.694. The van der Waals surface area contributed by atoms with Gasteiger partial charge < -0.3 is 9.88 Å². The Kier molecular flexibility index (Phi) is 2.78. The molecule has 0 amide bonds. The van der Waals surface area contributed by atoms with Crippen LogP contribution in [0.5, 0.6) is 0 Å². The Labute approximate surface area is 92.6 Å². The molecule has 0 saturated heterocycles. The number of aryl methyl sites for hydroxylation is 1. The van der Waals surface area contributed by atoms with E-state index >= 15 is 0 Å². The summed E-state index contributed by atoms with van der Waals surface area (Å²) in [7, 11) is 1.88. The van der Waals surface area contributed by atoms with Crippen LogP contribution in [-0.2, 0) is 13.6 Å². The quantitative estimate of drug-likeness (QED) is 0.813. The molecule has 0 unspecified atom stereocenters. The summed E-state index contributed by atoms with van der Waals surface area (Å²) in [5.41, 5.74) is 1.23. The van der Waals surface area contributed by atoms with Crippen LogP contribution < -0.4 is 5.32 Å². The number of hydrogen-bond donors (Lipinski definition) is 1. The van der Waals surface area contributed by atoms with Crippen molar-refractivity contribution in [3.05, 3.63) is 36.2 Å². The van der Waals surface area contributed by atoms with Crippen molar-refractivity contribution in [3.63, 3.8) is 0 Å². The van der Waals surface area contributed by atoms with Crippen molar-refractivity contribution in [2.45, 2.75) is 6.54 Å². The first-order valence-electron chi connectivity index (χ1n) is 4.72. The topological polar surface area (TPSA) is 79.4 Å². The molecule has 2 aromatic rings. The van der Waals surface area contributed by atoms with Crippen LogP contribution in [0.2, 0.25) is 0 Å². The minimum absolute atomic E-state index is 0.392. The van der Waals surface area contributed by atoms with E-state index < -0.39 is 0 Å². The average molecular weight is 214 g/mol. The molecule has 0 bridgehead atoms. The van der Waals surface area contributed by atoms with Gasteiger partial charge in [0.15, 0.2) is 5.82 Å². The lowest BCUT2D eigenvalue weighted by molar-refractivity contribution is 0.812. The van der Waals surface area contributed by atoms with E-state index in [1.165, 1.54) is 0 Å². The molecule has 0 saturated carbocycles. The molecule has 16 heavy (non-hydrogen) atoms. The van der Waals surface area contributed by atoms with E-state index in [4.69, 9.17) is 5.26 Å². The van der Waals surface area contributed by atoms with Gasteiger partial charge in [0.1, 0.15) is 18.1 Å². The summed E-state index contributed by atoms with van der Waals surface area (Å²) in [6, 6.07) is 5.48. The largest absolute Gasteiger partial charge is 0.378 e. The Morgan fingerprint density at radius 2 is 2.44 bits per heavy atom. The summed E-state index contributed by atoms with van der Waals surface area (Å²) in [5, 5.41) is 19.6. The maximum atomic E-state index is 8.69. The third kappa shape index (κ3) is 2.15. The minimum atomic E-state index is 0.392. The highest BCUT2D eigenvalue weighted by Crippen LogP contribution is 2.08. The van der Waals surface area contributed by atoms with Gasteiger partial charge in [-0.15, -0.1) is 10.2 Å². The van der Waals surface area contributed by atoms with E-state index in [0.29, 0.717) is 12.2 Å². The van der Waals surface area contributed by atoms with E-state index in [1.807, 2.05) is 17.7 Å². The molecule has 1 N–H and O–H groups in total. The Bertz CT molecular complexity index is 524. The molecule has 2 heterocycles. The summed E-state index contributed by atoms with van der Waals surface area (Å²) in [6.07, 6.45) is 3.24. The standard InChI is InChI=1S/C10H10N6/c1-16-7-14-15-10(16)6-13-8-2-3-12-9(4-8)5-11/h2-4,7H,6H2,1H3,(H,12,13). The van der Waals surface area contributed by atoms with Gasteiger partial charge in [-0.1, -0.05) is 0 Å². The zero-order valence-corrected chi connectivity index (χ0v) is 8.75. The van der Waals surface area contributed by atoms with Crippen LogP contribution in [0.3, 0.4) is 0 Å². The van der Waals surface area contributed by atoms with Gasteiger partial charge in [0.25, 0.3) is 0 Å². The lowest BCUT2D eigenvalue weighted by atomic mass is 10.3. The van der Waals surface area contributed by atoms with Crippen molar-refractivity contribution in [3.8, 4) is 6.07 Å². The molecule has 80 valence electrons. The van der Waals surface area contributed by atoms with Crippen LogP contribution in [-0.4, -0.2) is 19.7 Å². The van der Waals surface area contributed by atoms with Crippen LogP contribution in [0.15, 0.2) is 24.7 Å². The van der Waals surface area contributed by atoms with Gasteiger partial charge in [0.05, 0.1) is 6.54 Å². The second kappa shape index (κ2) is 4.40. The molecule has 0 aliphatic carbocycles. The first-order chi connectivity index (χ1) is 7.79. The molecule has 0 aliphatic heterocycles. The highest BCUT2D eigenvalue weighted by atomic mass is 15.3. The Hall–Kier alpha value is -2.42. The van der Waals surface area contributed by atoms with Crippen LogP contribution in [0.1, 0.15) is 11.5 Å². The summed E-state index contributed by atoms with van der Waals surface area (Å²) < 4.78 is 1.83. The van der Waals surface area contributed by atoms with Crippen molar-refractivity contribution in [1.82, 2.24) is 19.7 Å². The van der Waals surface area contributed by atoms with Crippen LogP contribution >= 0.6 is 0 Å². The Morgan fingerprint density at radius 1 is 1.56 bits per heavy atom. The first kappa shape index (κ1) is 10.1. The highest BCUT2D eigenvalue weighted by Gasteiger charge is 2.00. The number of nitrogens with zero attached hydrogens (tertiary/aromatic N) is 5. The molecule has 0 radical (unpaired) electrons. The van der Waals surface area contributed by atoms with Gasteiger partial charge in [0.2, 0.25) is 0 Å². The predicted molar refractivity (Wildman–Crippen MR) is 57.3 cm³/mol. The van der Waals surface area contributed by atoms with Crippen molar-refractivity contribution in [2.75, 3.05) is 5.32 Å². The fraction of sp³-hybridized carbons (Fsp3) is 0.200. The van der Waals surface area contributed by atoms with E-state index in [-0.39, 0.29) is 0 Å². The third-order valence-corrected chi connectivity index (χ3v) is 2.13. The van der Waals surface area contributed by atoms with Gasteiger partial charge in [-0.3, -0.25) is 0 Å². The average Bonchev–Trinajstić information content (AvgIpc) is 2.72. The molecule has 0 aliphatic rings. The minimum Gasteiger partial charge on any atom is -0.378 e. The van der Waals surface area contributed by atoms with Crippen molar-refractivity contribution >= 4 is 5.69 Å². The normalized spacial score (nSPS) is 9.75. The lowest BCUT2D eigenvalue weighted by Crippen LogP contribution is -2.05. The van der Waals surface area contributed by atoms with Crippen molar-refractivity contribution in [2.24, 2.45) is 7.05 Å². The molecular weight excluding hydrogens is 204 g/mol. The molecule has 2 aromatic heterocycles. The zero-order valence-electron chi connectivity index (χ0n) is 8.75. The van der Waals surface area contributed by atoms with Crippen LogP contribution in [0.4, 0.5) is 5.69 Å². The van der Waals surface area contributed by atoms with Crippen LogP contribution in [0, 0.1) is 11.3 Å². The number of anilines is 1. The molecule has 6 heteroatoms. The summed E-state index contributed by atoms with van der Waals surface area (Å²) in [5.74, 6) is 0.829. The van der Waals surface area contributed by atoms with Crippen LogP contribution in [0.25, 0.3) is 0 Å². The van der Waals surface area contributed by atoms with E-state index in [0.717, 1.165) is 11.5 Å². The molecular formula is C10H10N6. The molecule has 6 nitrogen and oxygen atoms in total. The smallest absolute Gasteiger partial charge is 0.151 e. The van der Waals surface area contributed by atoms with Crippen molar-refractivity contribution < 1.29 is 0 Å². The molecule has 2 rings (SSSR count). The second-order valence-electron chi connectivity index (χ2n) is 3.25. The van der Waals surface area contributed by atoms with E-state index in [2.05, 4.69) is 20.5 Å². The van der Waals surface area contributed by atoms with Gasteiger partial charge in [-0.2, -0.15) is 5.26 Å². The molecule has 0 spiro atoms. The molecule has 0 aromatic carbocycles. The number of aromatic nitrogens is 4. The number of nitriles is 1. The van der Waals surface area contributed by atoms with Gasteiger partial charge in [0, 0.05) is 18.9 Å². The fourth-order valence-corrected chi connectivity index (χ4v) is 1.25. The van der Waals surface area contributed by atoms with Gasteiger partial charge in [-0.05, 0) is 12.1 Å². The summed E-state index contributed by atoms with van der Waals surface area (Å²) in [4.78, 5) is 3.89. The fourth-order valence-electron chi connectivity index (χ4n) is 1.25. The number of rotatable bonds is 3. The second-order valence-corrected chi connectivity index (χ2v) is 3.25.